The molecule has 2 N–H and O–H groups in total. The van der Waals surface area contributed by atoms with Crippen LogP contribution in [0.5, 0.6) is 0 Å². The quantitative estimate of drug-likeness (QED) is 0.794. The fourth-order valence-corrected chi connectivity index (χ4v) is 2.40. The lowest BCUT2D eigenvalue weighted by Gasteiger charge is -2.26. The zero-order valence-electron chi connectivity index (χ0n) is 11.6. The molecule has 0 saturated heterocycles. The van der Waals surface area contributed by atoms with Crippen LogP contribution in [0.25, 0.3) is 0 Å². The van der Waals surface area contributed by atoms with Crippen LogP contribution in [0.1, 0.15) is 31.9 Å². The third kappa shape index (κ3) is 5.67. The van der Waals surface area contributed by atoms with Crippen LogP contribution >= 0.6 is 15.9 Å². The molecule has 0 aliphatic rings. The molecule has 0 amide bonds. The molecule has 1 unspecified atom stereocenters. The van der Waals surface area contributed by atoms with Gasteiger partial charge in [0.25, 0.3) is 0 Å². The Hall–Kier alpha value is -1.08. The number of aliphatic carboxylic acids is 1. The summed E-state index contributed by atoms with van der Waals surface area (Å²) in [7, 11) is 0. The van der Waals surface area contributed by atoms with Gasteiger partial charge in [-0.1, -0.05) is 41.9 Å². The van der Waals surface area contributed by atoms with Crippen LogP contribution in [0.2, 0.25) is 0 Å². The topological polar surface area (TPSA) is 49.3 Å². The number of carboxylic acids is 1. The number of halogens is 4. The molecule has 7 heteroatoms. The van der Waals surface area contributed by atoms with E-state index in [1.807, 2.05) is 0 Å². The molecule has 1 aromatic rings. The first kappa shape index (κ1) is 18.0. The minimum Gasteiger partial charge on any atom is -0.480 e. The van der Waals surface area contributed by atoms with E-state index in [2.05, 4.69) is 21.2 Å². The van der Waals surface area contributed by atoms with E-state index >= 15 is 0 Å². The summed E-state index contributed by atoms with van der Waals surface area (Å²) >= 11 is 3.12. The molecule has 21 heavy (non-hydrogen) atoms. The second-order valence-corrected chi connectivity index (χ2v) is 6.13. The Morgan fingerprint density at radius 1 is 1.38 bits per heavy atom. The molecule has 0 heterocycles. The third-order valence-electron chi connectivity index (χ3n) is 2.88. The van der Waals surface area contributed by atoms with E-state index < -0.39 is 24.2 Å². The second kappa shape index (κ2) is 7.26. The number of carboxylic acid groups (broad SMARTS) is 1. The van der Waals surface area contributed by atoms with Crippen molar-refractivity contribution in [1.82, 2.24) is 5.32 Å². The zero-order valence-corrected chi connectivity index (χ0v) is 13.2. The standard InChI is InChI=1S/C14H17BrF3NO2/c1-8(2)6-11(13(20)21)19-12(14(16,17)18)9-4-3-5-10(15)7-9/h3-5,7-8,11-12,19H,6H2,1-2H3,(H,20,21)/t11-,12?/m0/s1. The summed E-state index contributed by atoms with van der Waals surface area (Å²) in [4.78, 5) is 11.2. The van der Waals surface area contributed by atoms with Gasteiger partial charge in [-0.25, -0.2) is 0 Å². The first-order valence-electron chi connectivity index (χ1n) is 6.42. The van der Waals surface area contributed by atoms with Crippen molar-refractivity contribution in [2.45, 2.75) is 38.5 Å². The molecule has 1 aromatic carbocycles. The fourth-order valence-electron chi connectivity index (χ4n) is 1.98. The van der Waals surface area contributed by atoms with E-state index in [9.17, 15) is 18.0 Å². The van der Waals surface area contributed by atoms with Gasteiger partial charge in [0.2, 0.25) is 0 Å². The van der Waals surface area contributed by atoms with Gasteiger partial charge in [0.15, 0.2) is 0 Å². The van der Waals surface area contributed by atoms with Crippen molar-refractivity contribution in [3.8, 4) is 0 Å². The van der Waals surface area contributed by atoms with E-state index in [4.69, 9.17) is 5.11 Å². The molecule has 0 spiro atoms. The van der Waals surface area contributed by atoms with E-state index in [0.717, 1.165) is 0 Å². The highest BCUT2D eigenvalue weighted by atomic mass is 79.9. The lowest BCUT2D eigenvalue weighted by Crippen LogP contribution is -2.45. The lowest BCUT2D eigenvalue weighted by molar-refractivity contribution is -0.163. The first-order valence-corrected chi connectivity index (χ1v) is 7.21. The number of hydrogen-bond acceptors (Lipinski definition) is 2. The van der Waals surface area contributed by atoms with Crippen LogP contribution in [0.15, 0.2) is 28.7 Å². The Kier molecular flexibility index (Phi) is 6.22. The lowest BCUT2D eigenvalue weighted by atomic mass is 10.0. The first-order chi connectivity index (χ1) is 9.61. The maximum absolute atomic E-state index is 13.2. The largest absolute Gasteiger partial charge is 0.480 e. The number of carbonyl (C=O) groups is 1. The smallest absolute Gasteiger partial charge is 0.407 e. The van der Waals surface area contributed by atoms with Crippen LogP contribution < -0.4 is 5.32 Å². The van der Waals surface area contributed by atoms with Crippen LogP contribution in [-0.4, -0.2) is 23.3 Å². The van der Waals surface area contributed by atoms with E-state index in [0.29, 0.717) is 4.47 Å². The monoisotopic (exact) mass is 367 g/mol. The molecule has 0 aliphatic heterocycles. The number of nitrogens with one attached hydrogen (secondary N) is 1. The average Bonchev–Trinajstić information content (AvgIpc) is 2.31. The van der Waals surface area contributed by atoms with Gasteiger partial charge in [0.05, 0.1) is 0 Å². The molecule has 0 saturated carbocycles. The molecule has 0 radical (unpaired) electrons. The van der Waals surface area contributed by atoms with E-state index in [1.165, 1.54) is 18.2 Å². The fraction of sp³-hybridized carbons (Fsp3) is 0.500. The summed E-state index contributed by atoms with van der Waals surface area (Å²) in [5, 5.41) is 11.3. The molecule has 1 rings (SSSR count). The Balaban J connectivity index is 3.06. The summed E-state index contributed by atoms with van der Waals surface area (Å²) in [6.07, 6.45) is -4.46. The minimum absolute atomic E-state index is 0.0214. The minimum atomic E-state index is -4.58. The maximum Gasteiger partial charge on any atom is 0.407 e. The summed E-state index contributed by atoms with van der Waals surface area (Å²) in [6, 6.07) is 2.48. The van der Waals surface area contributed by atoms with Crippen molar-refractivity contribution in [3.05, 3.63) is 34.3 Å². The zero-order chi connectivity index (χ0) is 16.2. The van der Waals surface area contributed by atoms with Gasteiger partial charge in [0.1, 0.15) is 12.1 Å². The van der Waals surface area contributed by atoms with Crippen molar-refractivity contribution in [1.29, 1.82) is 0 Å². The summed E-state index contributed by atoms with van der Waals surface area (Å²) in [5.74, 6) is -1.32. The molecule has 0 fully saturated rings. The van der Waals surface area contributed by atoms with Gasteiger partial charge in [-0.2, -0.15) is 13.2 Å². The van der Waals surface area contributed by atoms with Gasteiger partial charge in [0, 0.05) is 4.47 Å². The Bertz CT molecular complexity index is 491. The average molecular weight is 368 g/mol. The van der Waals surface area contributed by atoms with Gasteiger partial charge in [-0.3, -0.25) is 10.1 Å². The molecule has 0 aliphatic carbocycles. The van der Waals surface area contributed by atoms with E-state index in [-0.39, 0.29) is 17.9 Å². The van der Waals surface area contributed by atoms with Crippen LogP contribution in [0.4, 0.5) is 13.2 Å². The van der Waals surface area contributed by atoms with Crippen molar-refractivity contribution in [2.75, 3.05) is 0 Å². The number of hydrogen-bond donors (Lipinski definition) is 2. The van der Waals surface area contributed by atoms with Crippen molar-refractivity contribution in [3.63, 3.8) is 0 Å². The Morgan fingerprint density at radius 3 is 2.43 bits per heavy atom. The molecular formula is C14H17BrF3NO2. The van der Waals surface area contributed by atoms with Crippen LogP contribution in [-0.2, 0) is 4.79 Å². The van der Waals surface area contributed by atoms with Crippen molar-refractivity contribution in [2.24, 2.45) is 5.92 Å². The summed E-state index contributed by atoms with van der Waals surface area (Å²) in [6.45, 7) is 3.53. The Morgan fingerprint density at radius 2 is 2.00 bits per heavy atom. The summed E-state index contributed by atoms with van der Waals surface area (Å²) < 4.78 is 40.2. The van der Waals surface area contributed by atoms with Gasteiger partial charge in [-0.05, 0) is 30.0 Å². The maximum atomic E-state index is 13.2. The third-order valence-corrected chi connectivity index (χ3v) is 3.38. The molecule has 118 valence electrons. The second-order valence-electron chi connectivity index (χ2n) is 5.22. The van der Waals surface area contributed by atoms with Gasteiger partial charge in [-0.15, -0.1) is 0 Å². The van der Waals surface area contributed by atoms with E-state index in [1.54, 1.807) is 19.9 Å². The SMILES string of the molecule is CC(C)C[C@H](NC(c1cccc(Br)c1)C(F)(F)F)C(=O)O. The highest BCUT2D eigenvalue weighted by Gasteiger charge is 2.42. The number of alkyl halides is 3. The van der Waals surface area contributed by atoms with Crippen molar-refractivity contribution < 1.29 is 23.1 Å². The molecule has 0 bridgehead atoms. The predicted octanol–water partition coefficient (Wildman–Crippen LogP) is 4.14. The highest BCUT2D eigenvalue weighted by molar-refractivity contribution is 9.10. The van der Waals surface area contributed by atoms with Crippen molar-refractivity contribution >= 4 is 21.9 Å². The predicted molar refractivity (Wildman–Crippen MR) is 77.0 cm³/mol. The highest BCUT2D eigenvalue weighted by Crippen LogP contribution is 2.34. The van der Waals surface area contributed by atoms with Crippen LogP contribution in [0, 0.1) is 5.92 Å². The molecule has 2 atom stereocenters. The molecule has 3 nitrogen and oxygen atoms in total. The van der Waals surface area contributed by atoms with Gasteiger partial charge < -0.3 is 5.11 Å². The van der Waals surface area contributed by atoms with Gasteiger partial charge >= 0.3 is 12.1 Å². The summed E-state index contributed by atoms with van der Waals surface area (Å²) in [5.41, 5.74) is -0.0214. The molecular weight excluding hydrogens is 351 g/mol. The number of benzene rings is 1. The number of rotatable bonds is 6. The van der Waals surface area contributed by atoms with Crippen LogP contribution in [0.3, 0.4) is 0 Å². The normalized spacial score (nSPS) is 15.0. The Labute approximate surface area is 129 Å². The molecule has 0 aromatic heterocycles.